The Balaban J connectivity index is 1.81. The topological polar surface area (TPSA) is 41.6 Å². The molecule has 0 fully saturated rings. The molecule has 102 valence electrons. The lowest BCUT2D eigenvalue weighted by atomic mass is 10.2. The Morgan fingerprint density at radius 3 is 2.85 bits per heavy atom. The van der Waals surface area contributed by atoms with Crippen molar-refractivity contribution < 1.29 is 0 Å². The van der Waals surface area contributed by atoms with Crippen molar-refractivity contribution in [2.75, 3.05) is 0 Å². The van der Waals surface area contributed by atoms with E-state index in [9.17, 15) is 0 Å². The number of imidazole rings is 1. The summed E-state index contributed by atoms with van der Waals surface area (Å²) in [5.74, 6) is 0.756. The largest absolute Gasteiger partial charge is 0.333 e. The molecule has 0 bridgehead atoms. The molecule has 20 heavy (non-hydrogen) atoms. The average Bonchev–Trinajstić information content (AvgIpc) is 2.87. The number of aromatic amines is 1. The van der Waals surface area contributed by atoms with E-state index in [2.05, 4.69) is 15.0 Å². The van der Waals surface area contributed by atoms with Crippen LogP contribution in [0.25, 0.3) is 11.0 Å². The van der Waals surface area contributed by atoms with E-state index in [1.807, 2.05) is 44.3 Å². The van der Waals surface area contributed by atoms with Gasteiger partial charge in [-0.25, -0.2) is 4.98 Å². The van der Waals surface area contributed by atoms with Crippen molar-refractivity contribution in [2.45, 2.75) is 24.8 Å². The van der Waals surface area contributed by atoms with E-state index >= 15 is 0 Å². The van der Waals surface area contributed by atoms with Crippen LogP contribution in [0.15, 0.2) is 35.6 Å². The average molecular weight is 304 g/mol. The summed E-state index contributed by atoms with van der Waals surface area (Å²) in [6.07, 6.45) is 1.82. The fourth-order valence-electron chi connectivity index (χ4n) is 2.03. The number of thioether (sulfide) groups is 1. The van der Waals surface area contributed by atoms with Gasteiger partial charge in [0, 0.05) is 17.0 Å². The lowest BCUT2D eigenvalue weighted by molar-refractivity contribution is 1.06. The van der Waals surface area contributed by atoms with Gasteiger partial charge in [0.25, 0.3) is 0 Å². The highest BCUT2D eigenvalue weighted by molar-refractivity contribution is 7.98. The first-order valence-electron chi connectivity index (χ1n) is 6.33. The Morgan fingerprint density at radius 1 is 1.25 bits per heavy atom. The van der Waals surface area contributed by atoms with Crippen LogP contribution in [0.2, 0.25) is 5.02 Å². The van der Waals surface area contributed by atoms with Gasteiger partial charge in [-0.3, -0.25) is 4.98 Å². The quantitative estimate of drug-likeness (QED) is 0.723. The second-order valence-corrected chi connectivity index (χ2v) is 6.02. The molecule has 0 radical (unpaired) electrons. The number of hydrogen-bond acceptors (Lipinski definition) is 3. The number of benzene rings is 1. The number of fused-ring (bicyclic) bond motifs is 1. The summed E-state index contributed by atoms with van der Waals surface area (Å²) in [6.45, 7) is 3.98. The Morgan fingerprint density at radius 2 is 2.05 bits per heavy atom. The van der Waals surface area contributed by atoms with E-state index in [4.69, 9.17) is 11.6 Å². The van der Waals surface area contributed by atoms with Gasteiger partial charge in [0.1, 0.15) is 0 Å². The number of hydrogen-bond donors (Lipinski definition) is 1. The maximum Gasteiger partial charge on any atom is 0.166 e. The van der Waals surface area contributed by atoms with Gasteiger partial charge in [-0.2, -0.15) is 0 Å². The number of aryl methyl sites for hydroxylation is 1. The van der Waals surface area contributed by atoms with Crippen LogP contribution in [0, 0.1) is 13.8 Å². The first-order chi connectivity index (χ1) is 9.65. The van der Waals surface area contributed by atoms with Gasteiger partial charge in [0.2, 0.25) is 0 Å². The van der Waals surface area contributed by atoms with Crippen LogP contribution in [0.5, 0.6) is 0 Å². The minimum atomic E-state index is 0.756. The maximum atomic E-state index is 6.26. The lowest BCUT2D eigenvalue weighted by Gasteiger charge is -2.07. The zero-order valence-corrected chi connectivity index (χ0v) is 12.8. The minimum absolute atomic E-state index is 0.756. The summed E-state index contributed by atoms with van der Waals surface area (Å²) in [6, 6.07) is 8.02. The predicted octanol–water partition coefficient (Wildman–Crippen LogP) is 4.52. The highest BCUT2D eigenvalue weighted by Crippen LogP contribution is 2.27. The summed E-state index contributed by atoms with van der Waals surface area (Å²) >= 11 is 7.90. The first kappa shape index (κ1) is 13.5. The molecule has 0 aliphatic heterocycles. The van der Waals surface area contributed by atoms with Crippen molar-refractivity contribution in [3.05, 3.63) is 52.3 Å². The molecule has 0 aliphatic rings. The van der Waals surface area contributed by atoms with Crippen LogP contribution in [-0.2, 0) is 5.75 Å². The number of pyridine rings is 1. The molecule has 3 rings (SSSR count). The summed E-state index contributed by atoms with van der Waals surface area (Å²) < 4.78 is 0. The molecule has 1 N–H and O–H groups in total. The molecule has 2 heterocycles. The number of halogens is 1. The normalized spacial score (nSPS) is 11.2. The maximum absolute atomic E-state index is 6.26. The lowest BCUT2D eigenvalue weighted by Crippen LogP contribution is -1.95. The Labute approximate surface area is 126 Å². The Hall–Kier alpha value is -1.52. The third-order valence-corrected chi connectivity index (χ3v) is 4.70. The molecule has 3 aromatic rings. The van der Waals surface area contributed by atoms with Gasteiger partial charge in [-0.1, -0.05) is 35.5 Å². The molecule has 0 atom stereocenters. The third-order valence-electron chi connectivity index (χ3n) is 3.24. The molecule has 0 saturated heterocycles. The van der Waals surface area contributed by atoms with Crippen LogP contribution in [-0.4, -0.2) is 15.0 Å². The summed E-state index contributed by atoms with van der Waals surface area (Å²) in [5.41, 5.74) is 5.12. The second-order valence-electron chi connectivity index (χ2n) is 4.67. The molecule has 0 spiro atoms. The Bertz CT molecular complexity index is 734. The van der Waals surface area contributed by atoms with Gasteiger partial charge in [0.15, 0.2) is 5.16 Å². The monoisotopic (exact) mass is 303 g/mol. The summed E-state index contributed by atoms with van der Waals surface area (Å²) in [4.78, 5) is 12.3. The smallest absolute Gasteiger partial charge is 0.166 e. The van der Waals surface area contributed by atoms with Crippen LogP contribution < -0.4 is 0 Å². The van der Waals surface area contributed by atoms with Crippen LogP contribution in [0.3, 0.4) is 0 Å². The van der Waals surface area contributed by atoms with E-state index in [1.54, 1.807) is 11.8 Å². The van der Waals surface area contributed by atoms with Crippen LogP contribution in [0.4, 0.5) is 0 Å². The Kier molecular flexibility index (Phi) is 3.68. The van der Waals surface area contributed by atoms with Crippen LogP contribution in [0.1, 0.15) is 16.8 Å². The summed E-state index contributed by atoms with van der Waals surface area (Å²) in [5, 5.41) is 1.71. The molecule has 1 aromatic carbocycles. The van der Waals surface area contributed by atoms with Crippen molar-refractivity contribution >= 4 is 34.4 Å². The highest BCUT2D eigenvalue weighted by Gasteiger charge is 2.09. The molecule has 0 aliphatic carbocycles. The van der Waals surface area contributed by atoms with Gasteiger partial charge >= 0.3 is 0 Å². The fourth-order valence-corrected chi connectivity index (χ4v) is 3.10. The van der Waals surface area contributed by atoms with Gasteiger partial charge < -0.3 is 4.98 Å². The van der Waals surface area contributed by atoms with Crippen LogP contribution >= 0.6 is 23.4 Å². The number of aromatic nitrogens is 3. The van der Waals surface area contributed by atoms with Crippen molar-refractivity contribution in [3.8, 4) is 0 Å². The number of H-pyrrole nitrogens is 1. The fraction of sp³-hybridized carbons (Fsp3) is 0.200. The van der Waals surface area contributed by atoms with Crippen molar-refractivity contribution in [1.29, 1.82) is 0 Å². The SMILES string of the molecule is Cc1cnc(CSc2nc3ccccc3[nH]2)c(C)c1Cl. The number of nitrogens with one attached hydrogen (secondary N) is 1. The zero-order chi connectivity index (χ0) is 14.1. The number of para-hydroxylation sites is 2. The van der Waals surface area contributed by atoms with E-state index in [0.717, 1.165) is 43.8 Å². The second kappa shape index (κ2) is 5.46. The molecule has 3 nitrogen and oxygen atoms in total. The first-order valence-corrected chi connectivity index (χ1v) is 7.69. The molecule has 5 heteroatoms. The molecule has 0 saturated carbocycles. The van der Waals surface area contributed by atoms with Gasteiger partial charge in [-0.15, -0.1) is 0 Å². The van der Waals surface area contributed by atoms with E-state index in [-0.39, 0.29) is 0 Å². The molecule has 2 aromatic heterocycles. The molecule has 0 unspecified atom stereocenters. The molecular formula is C15H14ClN3S. The molecule has 0 amide bonds. The van der Waals surface area contributed by atoms with Gasteiger partial charge in [0.05, 0.1) is 16.7 Å². The van der Waals surface area contributed by atoms with Crippen molar-refractivity contribution in [1.82, 2.24) is 15.0 Å². The minimum Gasteiger partial charge on any atom is -0.333 e. The predicted molar refractivity (Wildman–Crippen MR) is 84.4 cm³/mol. The third kappa shape index (κ3) is 2.53. The van der Waals surface area contributed by atoms with Crippen molar-refractivity contribution in [2.24, 2.45) is 0 Å². The number of rotatable bonds is 3. The number of nitrogens with zero attached hydrogens (tertiary/aromatic N) is 2. The zero-order valence-electron chi connectivity index (χ0n) is 11.3. The summed E-state index contributed by atoms with van der Waals surface area (Å²) in [7, 11) is 0. The molecular weight excluding hydrogens is 290 g/mol. The standard InChI is InChI=1S/C15H14ClN3S/c1-9-7-17-13(10(2)14(9)16)8-20-15-18-11-5-3-4-6-12(11)19-15/h3-7H,8H2,1-2H3,(H,18,19). The van der Waals surface area contributed by atoms with Gasteiger partial charge in [-0.05, 0) is 37.1 Å². The van der Waals surface area contributed by atoms with E-state index < -0.39 is 0 Å². The van der Waals surface area contributed by atoms with Crippen molar-refractivity contribution in [3.63, 3.8) is 0 Å². The van der Waals surface area contributed by atoms with E-state index in [0.29, 0.717) is 0 Å². The van der Waals surface area contributed by atoms with E-state index in [1.165, 1.54) is 0 Å². The highest BCUT2D eigenvalue weighted by atomic mass is 35.5.